The van der Waals surface area contributed by atoms with E-state index >= 15 is 0 Å². The molecule has 1 aliphatic heterocycles. The highest BCUT2D eigenvalue weighted by atomic mass is 16.5. The molecule has 19 heavy (non-hydrogen) atoms. The molecule has 0 aromatic heterocycles. The van der Waals surface area contributed by atoms with Crippen molar-refractivity contribution >= 4 is 5.91 Å². The molecule has 0 bridgehead atoms. The summed E-state index contributed by atoms with van der Waals surface area (Å²) in [4.78, 5) is 14.0. The molecule has 1 saturated heterocycles. The maximum Gasteiger partial charge on any atom is 0.237 e. The molecule has 4 heteroatoms. The lowest BCUT2D eigenvalue weighted by Crippen LogP contribution is -2.43. The van der Waals surface area contributed by atoms with Gasteiger partial charge in [0.2, 0.25) is 5.91 Å². The van der Waals surface area contributed by atoms with E-state index in [0.717, 1.165) is 32.1 Å². The van der Waals surface area contributed by atoms with Gasteiger partial charge < -0.3 is 9.64 Å². The van der Waals surface area contributed by atoms with E-state index in [4.69, 9.17) is 4.74 Å². The van der Waals surface area contributed by atoms with Crippen molar-refractivity contribution in [3.05, 3.63) is 0 Å². The van der Waals surface area contributed by atoms with Crippen LogP contribution in [0.15, 0.2) is 0 Å². The number of hydrogen-bond donors (Lipinski definition) is 1. The highest BCUT2D eigenvalue weighted by molar-refractivity contribution is 5.80. The summed E-state index contributed by atoms with van der Waals surface area (Å²) in [7, 11) is 0. The van der Waals surface area contributed by atoms with Crippen LogP contribution in [0, 0.1) is 11.8 Å². The van der Waals surface area contributed by atoms with E-state index in [1.165, 1.54) is 38.5 Å². The summed E-state index contributed by atoms with van der Waals surface area (Å²) in [5, 5.41) is 3.40. The molecule has 1 atom stereocenters. The first-order valence-corrected chi connectivity index (χ1v) is 7.95. The summed E-state index contributed by atoms with van der Waals surface area (Å²) in [6, 6.07) is 0. The number of nitrogens with zero attached hydrogens (tertiary/aromatic N) is 1. The van der Waals surface area contributed by atoms with E-state index in [2.05, 4.69) is 10.2 Å². The molecule has 2 aliphatic carbocycles. The summed E-state index contributed by atoms with van der Waals surface area (Å²) < 4.78 is 5.65. The van der Waals surface area contributed by atoms with Gasteiger partial charge in [0.05, 0.1) is 12.7 Å². The third-order valence-electron chi connectivity index (χ3n) is 4.70. The number of rotatable bonds is 7. The average Bonchev–Trinajstić information content (AvgIpc) is 2.93. The lowest BCUT2D eigenvalue weighted by molar-refractivity contribution is -0.128. The van der Waals surface area contributed by atoms with Crippen molar-refractivity contribution in [2.75, 3.05) is 26.3 Å². The summed E-state index contributed by atoms with van der Waals surface area (Å²) in [6.07, 6.45) is 9.18. The fraction of sp³-hybridized carbons (Fsp3) is 0.933. The Morgan fingerprint density at radius 3 is 2.74 bits per heavy atom. The van der Waals surface area contributed by atoms with Crippen LogP contribution in [0.1, 0.15) is 44.9 Å². The van der Waals surface area contributed by atoms with Crippen molar-refractivity contribution in [2.45, 2.75) is 51.1 Å². The molecule has 0 aromatic carbocycles. The van der Waals surface area contributed by atoms with Gasteiger partial charge in [0.25, 0.3) is 0 Å². The molecule has 4 nitrogen and oxygen atoms in total. The fourth-order valence-electron chi connectivity index (χ4n) is 3.39. The third kappa shape index (κ3) is 3.48. The Hall–Kier alpha value is -0.610. The second-order valence-corrected chi connectivity index (χ2v) is 6.33. The van der Waals surface area contributed by atoms with Crippen LogP contribution in [0.4, 0.5) is 0 Å². The van der Waals surface area contributed by atoms with Crippen molar-refractivity contribution in [3.8, 4) is 0 Å². The molecule has 0 radical (unpaired) electrons. The molecule has 3 aliphatic rings. The zero-order chi connectivity index (χ0) is 13.1. The fourth-order valence-corrected chi connectivity index (χ4v) is 3.39. The van der Waals surface area contributed by atoms with Crippen LogP contribution in [0.5, 0.6) is 0 Å². The Morgan fingerprint density at radius 1 is 1.21 bits per heavy atom. The molecular weight excluding hydrogens is 240 g/mol. The number of nitrogens with one attached hydrogen (secondary N) is 1. The minimum absolute atomic E-state index is 0.277. The minimum atomic E-state index is 0.277. The van der Waals surface area contributed by atoms with Gasteiger partial charge in [0.15, 0.2) is 0 Å². The monoisotopic (exact) mass is 266 g/mol. The van der Waals surface area contributed by atoms with Gasteiger partial charge >= 0.3 is 0 Å². The molecule has 3 rings (SSSR count). The van der Waals surface area contributed by atoms with Gasteiger partial charge in [-0.25, -0.2) is 0 Å². The SMILES string of the molecule is O=C1CNC(C2CCCC2)N1CCCOCC1CC1. The Kier molecular flexibility index (Phi) is 4.38. The van der Waals surface area contributed by atoms with Crippen molar-refractivity contribution in [1.29, 1.82) is 0 Å². The molecule has 1 amide bonds. The standard InChI is InChI=1S/C15H26N2O2/c18-14-10-16-15(13-4-1-2-5-13)17(14)8-3-9-19-11-12-6-7-12/h12-13,15-16H,1-11H2. The van der Waals surface area contributed by atoms with E-state index in [1.54, 1.807) is 0 Å². The smallest absolute Gasteiger partial charge is 0.237 e. The second-order valence-electron chi connectivity index (χ2n) is 6.33. The zero-order valence-electron chi connectivity index (χ0n) is 11.8. The van der Waals surface area contributed by atoms with Crippen LogP contribution in [0.3, 0.4) is 0 Å². The van der Waals surface area contributed by atoms with Crippen LogP contribution >= 0.6 is 0 Å². The van der Waals surface area contributed by atoms with Gasteiger partial charge in [-0.15, -0.1) is 0 Å². The topological polar surface area (TPSA) is 41.6 Å². The first-order valence-electron chi connectivity index (χ1n) is 7.95. The molecule has 0 spiro atoms. The molecule has 1 unspecified atom stereocenters. The van der Waals surface area contributed by atoms with E-state index in [1.807, 2.05) is 0 Å². The third-order valence-corrected chi connectivity index (χ3v) is 4.70. The quantitative estimate of drug-likeness (QED) is 0.714. The molecule has 0 aromatic rings. The van der Waals surface area contributed by atoms with Gasteiger partial charge in [-0.05, 0) is 43.9 Å². The lowest BCUT2D eigenvalue weighted by atomic mass is 10.0. The summed E-state index contributed by atoms with van der Waals surface area (Å²) in [5.41, 5.74) is 0. The number of carbonyl (C=O) groups is 1. The van der Waals surface area contributed by atoms with Gasteiger partial charge in [-0.3, -0.25) is 10.1 Å². The molecule has 1 heterocycles. The Morgan fingerprint density at radius 2 is 2.00 bits per heavy atom. The van der Waals surface area contributed by atoms with E-state index in [9.17, 15) is 4.79 Å². The number of hydrogen-bond acceptors (Lipinski definition) is 3. The van der Waals surface area contributed by atoms with Crippen LogP contribution in [0.2, 0.25) is 0 Å². The number of amides is 1. The molecule has 2 saturated carbocycles. The molecule has 1 N–H and O–H groups in total. The first kappa shape index (κ1) is 13.4. The van der Waals surface area contributed by atoms with E-state index < -0.39 is 0 Å². The van der Waals surface area contributed by atoms with Gasteiger partial charge in [0.1, 0.15) is 0 Å². The zero-order valence-corrected chi connectivity index (χ0v) is 11.8. The summed E-state index contributed by atoms with van der Waals surface area (Å²) >= 11 is 0. The second kappa shape index (κ2) is 6.23. The summed E-state index contributed by atoms with van der Waals surface area (Å²) in [6.45, 7) is 3.12. The van der Waals surface area contributed by atoms with Crippen molar-refractivity contribution in [3.63, 3.8) is 0 Å². The van der Waals surface area contributed by atoms with Gasteiger partial charge in [0, 0.05) is 19.8 Å². The summed E-state index contributed by atoms with van der Waals surface area (Å²) in [5.74, 6) is 1.79. The van der Waals surface area contributed by atoms with Crippen LogP contribution < -0.4 is 5.32 Å². The predicted molar refractivity (Wildman–Crippen MR) is 73.6 cm³/mol. The predicted octanol–water partition coefficient (Wildman–Crippen LogP) is 1.75. The minimum Gasteiger partial charge on any atom is -0.381 e. The Bertz CT molecular complexity index is 311. The lowest BCUT2D eigenvalue weighted by Gasteiger charge is -2.29. The van der Waals surface area contributed by atoms with Crippen LogP contribution in [0.25, 0.3) is 0 Å². The van der Waals surface area contributed by atoms with Crippen LogP contribution in [-0.2, 0) is 9.53 Å². The van der Waals surface area contributed by atoms with E-state index in [0.29, 0.717) is 18.6 Å². The van der Waals surface area contributed by atoms with Gasteiger partial charge in [-0.1, -0.05) is 12.8 Å². The number of ether oxygens (including phenoxy) is 1. The highest BCUT2D eigenvalue weighted by Gasteiger charge is 2.36. The maximum absolute atomic E-state index is 11.9. The largest absolute Gasteiger partial charge is 0.381 e. The Labute approximate surface area is 115 Å². The van der Waals surface area contributed by atoms with E-state index in [-0.39, 0.29) is 5.91 Å². The molecule has 108 valence electrons. The first-order chi connectivity index (χ1) is 9.34. The van der Waals surface area contributed by atoms with Crippen molar-refractivity contribution in [2.24, 2.45) is 11.8 Å². The van der Waals surface area contributed by atoms with Crippen molar-refractivity contribution in [1.82, 2.24) is 10.2 Å². The number of carbonyl (C=O) groups excluding carboxylic acids is 1. The molecule has 3 fully saturated rings. The maximum atomic E-state index is 11.9. The molecular formula is C15H26N2O2. The van der Waals surface area contributed by atoms with Gasteiger partial charge in [-0.2, -0.15) is 0 Å². The normalized spacial score (nSPS) is 28.5. The highest BCUT2D eigenvalue weighted by Crippen LogP contribution is 2.31. The Balaban J connectivity index is 1.39. The van der Waals surface area contributed by atoms with Crippen LogP contribution in [-0.4, -0.2) is 43.3 Å². The average molecular weight is 266 g/mol. The van der Waals surface area contributed by atoms with Crippen molar-refractivity contribution < 1.29 is 9.53 Å².